The van der Waals surface area contributed by atoms with E-state index in [1.54, 1.807) is 13.0 Å². The van der Waals surface area contributed by atoms with E-state index in [1.165, 1.54) is 18.2 Å². The van der Waals surface area contributed by atoms with Crippen molar-refractivity contribution in [3.63, 3.8) is 0 Å². The molecule has 6 heteroatoms. The topological polar surface area (TPSA) is 35.2 Å². The molecule has 1 rings (SSSR count). The summed E-state index contributed by atoms with van der Waals surface area (Å²) in [6.07, 6.45) is -4.12. The second-order valence-electron chi connectivity index (χ2n) is 3.10. The molecule has 0 amide bonds. The Morgan fingerprint density at radius 2 is 1.88 bits per heavy atom. The van der Waals surface area contributed by atoms with Gasteiger partial charge in [0, 0.05) is 11.6 Å². The maximum Gasteiger partial charge on any atom is 0.573 e. The summed E-state index contributed by atoms with van der Waals surface area (Å²) in [6, 6.07) is 5.47. The van der Waals surface area contributed by atoms with Crippen molar-refractivity contribution < 1.29 is 17.9 Å². The van der Waals surface area contributed by atoms with Gasteiger partial charge in [0.2, 0.25) is 0 Å². The summed E-state index contributed by atoms with van der Waals surface area (Å²) >= 11 is 0. The molecular formula is C10H13ClF3NO. The molecule has 0 bridgehead atoms. The first kappa shape index (κ1) is 15.1. The standard InChI is InChI=1S/C10H12F3NO.ClH/c1-2-8(14)7-5-3-4-6-9(7)15-10(11,12)13;/h3-6,8H,2,14H2,1H3;1H. The lowest BCUT2D eigenvalue weighted by Crippen LogP contribution is -2.20. The fourth-order valence-electron chi connectivity index (χ4n) is 1.22. The van der Waals surface area contributed by atoms with Crippen LogP contribution in [0.2, 0.25) is 0 Å². The van der Waals surface area contributed by atoms with Gasteiger partial charge >= 0.3 is 6.36 Å². The van der Waals surface area contributed by atoms with Crippen molar-refractivity contribution in [3.05, 3.63) is 29.8 Å². The van der Waals surface area contributed by atoms with E-state index in [9.17, 15) is 13.2 Å². The van der Waals surface area contributed by atoms with Crippen molar-refractivity contribution in [2.75, 3.05) is 0 Å². The molecule has 0 aliphatic heterocycles. The number of rotatable bonds is 3. The molecule has 1 atom stereocenters. The van der Waals surface area contributed by atoms with Gasteiger partial charge in [-0.3, -0.25) is 0 Å². The van der Waals surface area contributed by atoms with Gasteiger partial charge in [0.25, 0.3) is 0 Å². The summed E-state index contributed by atoms with van der Waals surface area (Å²) in [7, 11) is 0. The first-order chi connectivity index (χ1) is 6.94. The molecule has 2 N–H and O–H groups in total. The zero-order valence-corrected chi connectivity index (χ0v) is 9.44. The number of para-hydroxylation sites is 1. The molecule has 16 heavy (non-hydrogen) atoms. The average Bonchev–Trinajstić information content (AvgIpc) is 2.15. The molecule has 0 heterocycles. The van der Waals surface area contributed by atoms with Crippen molar-refractivity contribution >= 4 is 12.4 Å². The van der Waals surface area contributed by atoms with Gasteiger partial charge in [0.05, 0.1) is 0 Å². The largest absolute Gasteiger partial charge is 0.573 e. The monoisotopic (exact) mass is 255 g/mol. The van der Waals surface area contributed by atoms with Crippen LogP contribution in [0.1, 0.15) is 24.9 Å². The van der Waals surface area contributed by atoms with Gasteiger partial charge in [0.1, 0.15) is 5.75 Å². The van der Waals surface area contributed by atoms with Crippen molar-refractivity contribution in [2.24, 2.45) is 5.73 Å². The molecule has 0 fully saturated rings. The third-order valence-corrected chi connectivity index (χ3v) is 1.98. The number of hydrogen-bond donors (Lipinski definition) is 1. The minimum Gasteiger partial charge on any atom is -0.405 e. The highest BCUT2D eigenvalue weighted by molar-refractivity contribution is 5.85. The Labute approximate surface area is 98.0 Å². The van der Waals surface area contributed by atoms with Crippen LogP contribution in [-0.4, -0.2) is 6.36 Å². The van der Waals surface area contributed by atoms with Crippen LogP contribution in [0.4, 0.5) is 13.2 Å². The van der Waals surface area contributed by atoms with Gasteiger partial charge in [-0.05, 0) is 12.5 Å². The quantitative estimate of drug-likeness (QED) is 0.898. The molecular weight excluding hydrogens is 243 g/mol. The maximum atomic E-state index is 12.0. The molecule has 1 unspecified atom stereocenters. The molecule has 0 radical (unpaired) electrons. The van der Waals surface area contributed by atoms with E-state index >= 15 is 0 Å². The smallest absolute Gasteiger partial charge is 0.405 e. The number of alkyl halides is 3. The van der Waals surface area contributed by atoms with Crippen molar-refractivity contribution in [1.29, 1.82) is 0 Å². The molecule has 1 aromatic rings. The number of hydrogen-bond acceptors (Lipinski definition) is 2. The van der Waals surface area contributed by atoms with Gasteiger partial charge in [0.15, 0.2) is 0 Å². The van der Waals surface area contributed by atoms with Crippen LogP contribution in [0.5, 0.6) is 5.75 Å². The summed E-state index contributed by atoms with van der Waals surface area (Å²) in [5, 5.41) is 0. The third kappa shape index (κ3) is 4.28. The predicted octanol–water partition coefficient (Wildman–Crippen LogP) is 3.42. The van der Waals surface area contributed by atoms with E-state index in [1.807, 2.05) is 0 Å². The minimum absolute atomic E-state index is 0. The Kier molecular flexibility index (Phi) is 5.61. The van der Waals surface area contributed by atoms with Gasteiger partial charge in [-0.15, -0.1) is 25.6 Å². The highest BCUT2D eigenvalue weighted by Gasteiger charge is 2.32. The summed E-state index contributed by atoms with van der Waals surface area (Å²) < 4.78 is 40.0. The molecule has 92 valence electrons. The van der Waals surface area contributed by atoms with Crippen LogP contribution in [0.15, 0.2) is 24.3 Å². The van der Waals surface area contributed by atoms with Crippen LogP contribution in [-0.2, 0) is 0 Å². The number of ether oxygens (including phenoxy) is 1. The normalized spacial score (nSPS) is 12.8. The van der Waals surface area contributed by atoms with E-state index in [0.29, 0.717) is 12.0 Å². The van der Waals surface area contributed by atoms with Crippen LogP contribution in [0, 0.1) is 0 Å². The lowest BCUT2D eigenvalue weighted by molar-refractivity contribution is -0.275. The van der Waals surface area contributed by atoms with Gasteiger partial charge in [-0.2, -0.15) is 0 Å². The highest BCUT2D eigenvalue weighted by Crippen LogP contribution is 2.30. The zero-order valence-electron chi connectivity index (χ0n) is 8.62. The van der Waals surface area contributed by atoms with E-state index in [-0.39, 0.29) is 18.2 Å². The Balaban J connectivity index is 0.00000225. The highest BCUT2D eigenvalue weighted by atomic mass is 35.5. The van der Waals surface area contributed by atoms with E-state index in [4.69, 9.17) is 5.73 Å². The van der Waals surface area contributed by atoms with Gasteiger partial charge in [-0.1, -0.05) is 25.1 Å². The maximum absolute atomic E-state index is 12.0. The Bertz CT molecular complexity index is 330. The lowest BCUT2D eigenvalue weighted by Gasteiger charge is -2.16. The third-order valence-electron chi connectivity index (χ3n) is 1.98. The zero-order chi connectivity index (χ0) is 11.5. The first-order valence-corrected chi connectivity index (χ1v) is 4.54. The number of benzene rings is 1. The molecule has 0 spiro atoms. The molecule has 0 aliphatic carbocycles. The second-order valence-corrected chi connectivity index (χ2v) is 3.10. The second kappa shape index (κ2) is 5.96. The molecule has 0 aliphatic rings. The fourth-order valence-corrected chi connectivity index (χ4v) is 1.22. The van der Waals surface area contributed by atoms with E-state index in [2.05, 4.69) is 4.74 Å². The summed E-state index contributed by atoms with van der Waals surface area (Å²) in [6.45, 7) is 1.80. The molecule has 1 aromatic carbocycles. The van der Waals surface area contributed by atoms with Crippen molar-refractivity contribution in [2.45, 2.75) is 25.7 Å². The Hall–Kier alpha value is -0.940. The van der Waals surface area contributed by atoms with E-state index < -0.39 is 12.4 Å². The molecule has 0 saturated carbocycles. The van der Waals surface area contributed by atoms with Gasteiger partial charge in [-0.25, -0.2) is 0 Å². The number of halogens is 4. The number of nitrogens with two attached hydrogens (primary N) is 1. The van der Waals surface area contributed by atoms with Crippen molar-refractivity contribution in [3.8, 4) is 5.75 Å². The fraction of sp³-hybridized carbons (Fsp3) is 0.400. The summed E-state index contributed by atoms with van der Waals surface area (Å²) in [5.41, 5.74) is 6.04. The van der Waals surface area contributed by atoms with Crippen LogP contribution in [0.3, 0.4) is 0 Å². The molecule has 0 saturated heterocycles. The Morgan fingerprint density at radius 3 is 2.38 bits per heavy atom. The SMILES string of the molecule is CCC(N)c1ccccc1OC(F)(F)F.Cl. The summed E-state index contributed by atoms with van der Waals surface area (Å²) in [4.78, 5) is 0. The Morgan fingerprint density at radius 1 is 1.31 bits per heavy atom. The predicted molar refractivity (Wildman–Crippen MR) is 57.6 cm³/mol. The van der Waals surface area contributed by atoms with Crippen molar-refractivity contribution in [1.82, 2.24) is 0 Å². The average molecular weight is 256 g/mol. The molecule has 2 nitrogen and oxygen atoms in total. The van der Waals surface area contributed by atoms with Crippen LogP contribution >= 0.6 is 12.4 Å². The van der Waals surface area contributed by atoms with Crippen LogP contribution < -0.4 is 10.5 Å². The summed E-state index contributed by atoms with van der Waals surface area (Å²) in [5.74, 6) is -0.223. The first-order valence-electron chi connectivity index (χ1n) is 4.54. The minimum atomic E-state index is -4.68. The van der Waals surface area contributed by atoms with E-state index in [0.717, 1.165) is 0 Å². The molecule has 0 aromatic heterocycles. The van der Waals surface area contributed by atoms with Crippen LogP contribution in [0.25, 0.3) is 0 Å². The van der Waals surface area contributed by atoms with Gasteiger partial charge < -0.3 is 10.5 Å². The lowest BCUT2D eigenvalue weighted by atomic mass is 10.0.